The van der Waals surface area contributed by atoms with Gasteiger partial charge in [-0.25, -0.2) is 5.43 Å². The minimum Gasteiger partial charge on any atom is -0.504 e. The molecule has 2 rings (SSSR count). The fourth-order valence-electron chi connectivity index (χ4n) is 2.87. The summed E-state index contributed by atoms with van der Waals surface area (Å²) in [6, 6.07) is 9.95. The Morgan fingerprint density at radius 3 is 2.59 bits per heavy atom. The number of halogens is 1. The van der Waals surface area contributed by atoms with Gasteiger partial charge in [0.25, 0.3) is 11.8 Å². The van der Waals surface area contributed by atoms with Crippen LogP contribution in [0.4, 0.5) is 0 Å². The van der Waals surface area contributed by atoms with Gasteiger partial charge >= 0.3 is 0 Å². The van der Waals surface area contributed by atoms with Crippen LogP contribution in [0.2, 0.25) is 0 Å². The second kappa shape index (κ2) is 12.3. The highest BCUT2D eigenvalue weighted by Gasteiger charge is 2.22. The zero-order chi connectivity index (χ0) is 23.7. The topological polar surface area (TPSA) is 109 Å². The second-order valence-electron chi connectivity index (χ2n) is 7.59. The molecule has 0 aliphatic carbocycles. The molecule has 0 unspecified atom stereocenters. The van der Waals surface area contributed by atoms with Crippen molar-refractivity contribution in [2.45, 2.75) is 33.2 Å². The minimum atomic E-state index is -0.755. The SMILES string of the molecule is COc1cc(/C=N\NC(=O)[C@H](CC(C)C)NC(=O)COc2ccccc2C)cc(I)c1O. The number of phenols is 1. The molecule has 0 radical (unpaired) electrons. The number of nitrogens with one attached hydrogen (secondary N) is 2. The van der Waals surface area contributed by atoms with Crippen LogP contribution < -0.4 is 20.2 Å². The van der Waals surface area contributed by atoms with Gasteiger partial charge in [-0.1, -0.05) is 32.0 Å². The maximum Gasteiger partial charge on any atom is 0.262 e. The number of hydrazone groups is 1. The normalized spacial score (nSPS) is 11.9. The van der Waals surface area contributed by atoms with E-state index in [9.17, 15) is 14.7 Å². The quantitative estimate of drug-likeness (QED) is 0.238. The Hall–Kier alpha value is -2.82. The van der Waals surface area contributed by atoms with Crippen LogP contribution in [0.1, 0.15) is 31.4 Å². The van der Waals surface area contributed by atoms with E-state index in [2.05, 4.69) is 15.8 Å². The molecule has 0 aliphatic rings. The van der Waals surface area contributed by atoms with Crippen LogP contribution in [0.15, 0.2) is 41.5 Å². The highest BCUT2D eigenvalue weighted by Crippen LogP contribution is 2.31. The summed E-state index contributed by atoms with van der Waals surface area (Å²) >= 11 is 1.98. The van der Waals surface area contributed by atoms with Gasteiger partial charge in [-0.15, -0.1) is 0 Å². The van der Waals surface area contributed by atoms with Crippen LogP contribution in [-0.4, -0.2) is 42.9 Å². The predicted molar refractivity (Wildman–Crippen MR) is 131 cm³/mol. The molecular weight excluding hydrogens is 525 g/mol. The summed E-state index contributed by atoms with van der Waals surface area (Å²) in [5.74, 6) is 0.326. The van der Waals surface area contributed by atoms with Crippen molar-refractivity contribution in [1.29, 1.82) is 0 Å². The number of ether oxygens (including phenoxy) is 2. The number of rotatable bonds is 10. The van der Waals surface area contributed by atoms with Crippen molar-refractivity contribution in [2.75, 3.05) is 13.7 Å². The number of benzene rings is 2. The Morgan fingerprint density at radius 1 is 1.22 bits per heavy atom. The third-order valence-corrected chi connectivity index (χ3v) is 5.29. The van der Waals surface area contributed by atoms with Crippen LogP contribution in [0.25, 0.3) is 0 Å². The van der Waals surface area contributed by atoms with Crippen LogP contribution in [0, 0.1) is 16.4 Å². The molecule has 2 aromatic carbocycles. The molecular formula is C23H28IN3O5. The largest absolute Gasteiger partial charge is 0.504 e. The van der Waals surface area contributed by atoms with Gasteiger partial charge in [0, 0.05) is 0 Å². The number of aryl methyl sites for hydroxylation is 1. The summed E-state index contributed by atoms with van der Waals surface area (Å²) in [7, 11) is 1.45. The van der Waals surface area contributed by atoms with E-state index in [1.807, 2.05) is 61.6 Å². The average Bonchev–Trinajstić information content (AvgIpc) is 2.74. The lowest BCUT2D eigenvalue weighted by atomic mass is 10.0. The zero-order valence-corrected chi connectivity index (χ0v) is 20.7. The van der Waals surface area contributed by atoms with Gasteiger partial charge in [0.15, 0.2) is 18.1 Å². The maximum atomic E-state index is 12.6. The smallest absolute Gasteiger partial charge is 0.262 e. The Kier molecular flexibility index (Phi) is 9.76. The van der Waals surface area contributed by atoms with Gasteiger partial charge in [0.1, 0.15) is 11.8 Å². The molecule has 0 aliphatic heterocycles. The molecule has 0 saturated carbocycles. The average molecular weight is 553 g/mol. The molecule has 2 aromatic rings. The first-order chi connectivity index (χ1) is 15.2. The first-order valence-electron chi connectivity index (χ1n) is 10.1. The highest BCUT2D eigenvalue weighted by molar-refractivity contribution is 14.1. The number of methoxy groups -OCH3 is 1. The lowest BCUT2D eigenvalue weighted by Crippen LogP contribution is -2.47. The lowest BCUT2D eigenvalue weighted by molar-refractivity contribution is -0.130. The maximum absolute atomic E-state index is 12.6. The van der Waals surface area contributed by atoms with Crippen molar-refractivity contribution >= 4 is 40.6 Å². The van der Waals surface area contributed by atoms with Crippen molar-refractivity contribution in [2.24, 2.45) is 11.0 Å². The predicted octanol–water partition coefficient (Wildman–Crippen LogP) is 3.37. The fourth-order valence-corrected chi connectivity index (χ4v) is 3.50. The third-order valence-electron chi connectivity index (χ3n) is 4.47. The number of aromatic hydroxyl groups is 1. The van der Waals surface area contributed by atoms with Crippen molar-refractivity contribution < 1.29 is 24.2 Å². The van der Waals surface area contributed by atoms with E-state index >= 15 is 0 Å². The van der Waals surface area contributed by atoms with E-state index < -0.39 is 17.9 Å². The number of hydrogen-bond donors (Lipinski definition) is 3. The van der Waals surface area contributed by atoms with Crippen molar-refractivity contribution in [3.05, 3.63) is 51.1 Å². The first kappa shape index (κ1) is 25.4. The molecule has 3 N–H and O–H groups in total. The van der Waals surface area contributed by atoms with Crippen molar-refractivity contribution in [3.8, 4) is 17.2 Å². The minimum absolute atomic E-state index is 0.0434. The standard InChI is InChI=1S/C23H28IN3O5/c1-14(2)9-18(26-21(28)13-32-19-8-6-5-7-15(19)3)23(30)27-25-12-16-10-17(24)22(29)20(11-16)31-4/h5-8,10-12,14,18,29H,9,13H2,1-4H3,(H,26,28)(H,27,30)/b25-12-/t18-/m0/s1. The van der Waals surface area contributed by atoms with Crippen molar-refractivity contribution in [1.82, 2.24) is 10.7 Å². The molecule has 0 saturated heterocycles. The second-order valence-corrected chi connectivity index (χ2v) is 8.75. The summed E-state index contributed by atoms with van der Waals surface area (Å²) in [5.41, 5.74) is 4.03. The van der Waals surface area contributed by atoms with Gasteiger partial charge in [0.2, 0.25) is 0 Å². The highest BCUT2D eigenvalue weighted by atomic mass is 127. The molecule has 1 atom stereocenters. The molecule has 0 heterocycles. The Bertz CT molecular complexity index is 978. The number of hydrogen-bond acceptors (Lipinski definition) is 6. The Labute approximate surface area is 201 Å². The van der Waals surface area contributed by atoms with Gasteiger partial charge in [0.05, 0.1) is 16.9 Å². The van der Waals surface area contributed by atoms with Crippen molar-refractivity contribution in [3.63, 3.8) is 0 Å². The first-order valence-corrected chi connectivity index (χ1v) is 11.2. The summed E-state index contributed by atoms with van der Waals surface area (Å²) in [4.78, 5) is 25.0. The molecule has 0 spiro atoms. The van der Waals surface area contributed by atoms with Crippen LogP contribution in [-0.2, 0) is 9.59 Å². The zero-order valence-electron chi connectivity index (χ0n) is 18.5. The lowest BCUT2D eigenvalue weighted by Gasteiger charge is -2.19. The summed E-state index contributed by atoms with van der Waals surface area (Å²) in [6.45, 7) is 5.63. The third kappa shape index (κ3) is 7.70. The molecule has 0 fully saturated rings. The van der Waals surface area contributed by atoms with Crippen LogP contribution in [0.3, 0.4) is 0 Å². The summed E-state index contributed by atoms with van der Waals surface area (Å²) < 4.78 is 11.3. The number of nitrogens with zero attached hydrogens (tertiary/aromatic N) is 1. The van der Waals surface area contributed by atoms with E-state index in [1.54, 1.807) is 18.2 Å². The molecule has 0 aromatic heterocycles. The Balaban J connectivity index is 1.98. The molecule has 0 bridgehead atoms. The molecule has 8 nitrogen and oxygen atoms in total. The van der Waals surface area contributed by atoms with E-state index in [4.69, 9.17) is 9.47 Å². The Morgan fingerprint density at radius 2 is 1.94 bits per heavy atom. The fraction of sp³-hybridized carbons (Fsp3) is 0.348. The van der Waals surface area contributed by atoms with Gasteiger partial charge in [-0.05, 0) is 71.2 Å². The summed E-state index contributed by atoms with van der Waals surface area (Å²) in [6.07, 6.45) is 1.89. The van der Waals surface area contributed by atoms with E-state index in [1.165, 1.54) is 13.3 Å². The number of carbonyl (C=O) groups is 2. The van der Waals surface area contributed by atoms with Crippen LogP contribution in [0.5, 0.6) is 17.2 Å². The van der Waals surface area contributed by atoms with Gasteiger partial charge in [-0.2, -0.15) is 5.10 Å². The monoisotopic (exact) mass is 553 g/mol. The molecule has 172 valence electrons. The van der Waals surface area contributed by atoms with Gasteiger partial charge in [-0.3, -0.25) is 9.59 Å². The number of phenolic OH excluding ortho intramolecular Hbond substituents is 1. The molecule has 2 amide bonds. The number of carbonyl (C=O) groups excluding carboxylic acids is 2. The number of para-hydroxylation sites is 1. The molecule has 32 heavy (non-hydrogen) atoms. The summed E-state index contributed by atoms with van der Waals surface area (Å²) in [5, 5.41) is 16.6. The van der Waals surface area contributed by atoms with E-state index in [-0.39, 0.29) is 18.3 Å². The van der Waals surface area contributed by atoms with E-state index in [0.717, 1.165) is 5.56 Å². The number of amides is 2. The van der Waals surface area contributed by atoms with Crippen LogP contribution >= 0.6 is 22.6 Å². The van der Waals surface area contributed by atoms with Gasteiger partial charge < -0.3 is 19.9 Å². The molecule has 9 heteroatoms. The van der Waals surface area contributed by atoms with E-state index in [0.29, 0.717) is 27.1 Å².